The topological polar surface area (TPSA) is 69.7 Å². The van der Waals surface area contributed by atoms with Crippen molar-refractivity contribution in [2.24, 2.45) is 0 Å². The Morgan fingerprint density at radius 3 is 2.65 bits per heavy atom. The maximum atomic E-state index is 13.1. The molecule has 1 aliphatic heterocycles. The van der Waals surface area contributed by atoms with Crippen LogP contribution in [0.2, 0.25) is 0 Å². The van der Waals surface area contributed by atoms with Gasteiger partial charge in [0.2, 0.25) is 5.91 Å². The highest BCUT2D eigenvalue weighted by Crippen LogP contribution is 2.23. The summed E-state index contributed by atoms with van der Waals surface area (Å²) < 4.78 is 27.7. The van der Waals surface area contributed by atoms with Gasteiger partial charge >= 0.3 is 0 Å². The molecule has 0 radical (unpaired) electrons. The number of nitrogens with zero attached hydrogens (tertiary/aromatic N) is 2. The van der Waals surface area contributed by atoms with Crippen molar-refractivity contribution < 1.29 is 13.2 Å². The van der Waals surface area contributed by atoms with Gasteiger partial charge < -0.3 is 10.2 Å². The van der Waals surface area contributed by atoms with Crippen molar-refractivity contribution in [1.82, 2.24) is 14.5 Å². The summed E-state index contributed by atoms with van der Waals surface area (Å²) in [7, 11) is -3.71. The molecular weight excluding hydrogens is 370 g/mol. The van der Waals surface area contributed by atoms with Crippen LogP contribution >= 0.6 is 11.3 Å². The number of carbonyl (C=O) groups excluding carboxylic acids is 1. The van der Waals surface area contributed by atoms with Gasteiger partial charge in [0.1, 0.15) is 4.21 Å². The summed E-state index contributed by atoms with van der Waals surface area (Å²) in [5.41, 5.74) is 1.93. The van der Waals surface area contributed by atoms with Crippen molar-refractivity contribution >= 4 is 27.3 Å². The molecule has 8 heteroatoms. The van der Waals surface area contributed by atoms with Crippen molar-refractivity contribution in [2.45, 2.75) is 17.7 Å². The van der Waals surface area contributed by atoms with E-state index in [9.17, 15) is 13.2 Å². The van der Waals surface area contributed by atoms with E-state index in [-0.39, 0.29) is 23.2 Å². The molecule has 0 bridgehead atoms. The second kappa shape index (κ2) is 8.30. The summed E-state index contributed by atoms with van der Waals surface area (Å²) in [6, 6.07) is 11.0. The van der Waals surface area contributed by atoms with Crippen molar-refractivity contribution in [2.75, 3.05) is 32.7 Å². The van der Waals surface area contributed by atoms with Crippen LogP contribution < -0.4 is 5.32 Å². The number of nitrogens with one attached hydrogen (secondary N) is 1. The zero-order chi connectivity index (χ0) is 18.6. The predicted molar refractivity (Wildman–Crippen MR) is 103 cm³/mol. The molecule has 2 aromatic rings. The highest BCUT2D eigenvalue weighted by atomic mass is 32.2. The fourth-order valence-corrected chi connectivity index (χ4v) is 5.46. The first-order chi connectivity index (χ1) is 12.5. The minimum atomic E-state index is -3.71. The molecule has 0 unspecified atom stereocenters. The molecule has 26 heavy (non-hydrogen) atoms. The van der Waals surface area contributed by atoms with E-state index in [2.05, 4.69) is 5.32 Å². The van der Waals surface area contributed by atoms with Gasteiger partial charge in [-0.3, -0.25) is 4.79 Å². The van der Waals surface area contributed by atoms with Gasteiger partial charge in [0, 0.05) is 32.7 Å². The SMILES string of the molecule is Cc1cccc(CN(CC(=O)N2CCNCC2)S(=O)(=O)c2cccs2)c1. The first-order valence-electron chi connectivity index (χ1n) is 8.54. The number of benzene rings is 1. The predicted octanol–water partition coefficient (Wildman–Crippen LogP) is 1.68. The number of sulfonamides is 1. The van der Waals surface area contributed by atoms with E-state index >= 15 is 0 Å². The van der Waals surface area contributed by atoms with Crippen LogP contribution in [0.15, 0.2) is 46.0 Å². The summed E-state index contributed by atoms with van der Waals surface area (Å²) in [5, 5.41) is 4.93. The fourth-order valence-electron chi connectivity index (χ4n) is 2.94. The van der Waals surface area contributed by atoms with Gasteiger partial charge in [0.25, 0.3) is 10.0 Å². The average Bonchev–Trinajstić information content (AvgIpc) is 3.17. The van der Waals surface area contributed by atoms with Gasteiger partial charge in [0.05, 0.1) is 6.54 Å². The van der Waals surface area contributed by atoms with E-state index < -0.39 is 10.0 Å². The molecule has 1 fully saturated rings. The van der Waals surface area contributed by atoms with E-state index in [1.54, 1.807) is 22.4 Å². The number of aryl methyl sites for hydroxylation is 1. The van der Waals surface area contributed by atoms with Crippen LogP contribution in [0.1, 0.15) is 11.1 Å². The highest BCUT2D eigenvalue weighted by Gasteiger charge is 2.29. The molecule has 0 saturated carbocycles. The monoisotopic (exact) mass is 393 g/mol. The van der Waals surface area contributed by atoms with Crippen LogP contribution in [-0.4, -0.2) is 56.3 Å². The first kappa shape index (κ1) is 19.0. The maximum absolute atomic E-state index is 13.1. The van der Waals surface area contributed by atoms with Crippen molar-refractivity contribution in [1.29, 1.82) is 0 Å². The van der Waals surface area contributed by atoms with Crippen LogP contribution in [0, 0.1) is 6.92 Å². The third-order valence-corrected chi connectivity index (χ3v) is 7.48. The van der Waals surface area contributed by atoms with Gasteiger partial charge in [-0.25, -0.2) is 8.42 Å². The number of piperazine rings is 1. The minimum absolute atomic E-state index is 0.145. The molecule has 0 spiro atoms. The van der Waals surface area contributed by atoms with Gasteiger partial charge in [-0.15, -0.1) is 11.3 Å². The van der Waals surface area contributed by atoms with E-state index in [1.807, 2.05) is 31.2 Å². The standard InChI is InChI=1S/C18H23N3O3S2/c1-15-4-2-5-16(12-15)13-21(26(23,24)18-6-3-11-25-18)14-17(22)20-9-7-19-8-10-20/h2-6,11-12,19H,7-10,13-14H2,1H3. The number of hydrogen-bond acceptors (Lipinski definition) is 5. The second-order valence-electron chi connectivity index (χ2n) is 6.33. The molecule has 1 aromatic heterocycles. The Morgan fingerprint density at radius 1 is 1.23 bits per heavy atom. The number of thiophene rings is 1. The molecule has 3 rings (SSSR count). The number of rotatable bonds is 6. The third kappa shape index (κ3) is 4.50. The van der Waals surface area contributed by atoms with Gasteiger partial charge in [-0.05, 0) is 23.9 Å². The molecule has 1 saturated heterocycles. The van der Waals surface area contributed by atoms with E-state index in [1.165, 1.54) is 15.6 Å². The largest absolute Gasteiger partial charge is 0.339 e. The van der Waals surface area contributed by atoms with Gasteiger partial charge in [-0.2, -0.15) is 4.31 Å². The lowest BCUT2D eigenvalue weighted by molar-refractivity contribution is -0.132. The molecule has 1 aromatic carbocycles. The van der Waals surface area contributed by atoms with Crippen LogP contribution in [0.25, 0.3) is 0 Å². The molecule has 1 aliphatic rings. The minimum Gasteiger partial charge on any atom is -0.339 e. The Hall–Kier alpha value is -1.74. The van der Waals surface area contributed by atoms with Crippen LogP contribution in [-0.2, 0) is 21.4 Å². The summed E-state index contributed by atoms with van der Waals surface area (Å²) in [6.07, 6.45) is 0. The Bertz CT molecular complexity index is 844. The molecule has 140 valence electrons. The maximum Gasteiger partial charge on any atom is 0.253 e. The lowest BCUT2D eigenvalue weighted by Gasteiger charge is -2.30. The van der Waals surface area contributed by atoms with Gasteiger partial charge in [-0.1, -0.05) is 35.9 Å². The molecule has 2 heterocycles. The Kier molecular flexibility index (Phi) is 6.08. The lowest BCUT2D eigenvalue weighted by atomic mass is 10.1. The summed E-state index contributed by atoms with van der Waals surface area (Å²) in [5.74, 6) is -0.153. The van der Waals surface area contributed by atoms with Crippen molar-refractivity contribution in [3.8, 4) is 0 Å². The van der Waals surface area contributed by atoms with Crippen molar-refractivity contribution in [3.05, 3.63) is 52.9 Å². The van der Waals surface area contributed by atoms with Crippen molar-refractivity contribution in [3.63, 3.8) is 0 Å². The van der Waals surface area contributed by atoms with E-state index in [0.29, 0.717) is 13.1 Å². The first-order valence-corrected chi connectivity index (χ1v) is 10.9. The lowest BCUT2D eigenvalue weighted by Crippen LogP contribution is -2.50. The third-order valence-electron chi connectivity index (χ3n) is 4.31. The summed E-state index contributed by atoms with van der Waals surface area (Å²) >= 11 is 1.17. The average molecular weight is 394 g/mol. The number of hydrogen-bond donors (Lipinski definition) is 1. The van der Waals surface area contributed by atoms with Crippen LogP contribution in [0.3, 0.4) is 0 Å². The second-order valence-corrected chi connectivity index (χ2v) is 9.44. The van der Waals surface area contributed by atoms with Crippen LogP contribution in [0.4, 0.5) is 0 Å². The fraction of sp³-hybridized carbons (Fsp3) is 0.389. The molecule has 1 N–H and O–H groups in total. The van der Waals surface area contributed by atoms with E-state index in [0.717, 1.165) is 24.2 Å². The molecule has 1 amide bonds. The Balaban J connectivity index is 1.84. The quantitative estimate of drug-likeness (QED) is 0.811. The van der Waals surface area contributed by atoms with E-state index in [4.69, 9.17) is 0 Å². The van der Waals surface area contributed by atoms with Gasteiger partial charge in [0.15, 0.2) is 0 Å². The summed E-state index contributed by atoms with van der Waals surface area (Å²) in [4.78, 5) is 14.4. The molecule has 6 nitrogen and oxygen atoms in total. The zero-order valence-electron chi connectivity index (χ0n) is 14.7. The smallest absolute Gasteiger partial charge is 0.253 e. The highest BCUT2D eigenvalue weighted by molar-refractivity contribution is 7.91. The number of amides is 1. The molecular formula is C18H23N3O3S2. The normalized spacial score (nSPS) is 15.4. The molecule has 0 aliphatic carbocycles. The Labute approximate surface area is 158 Å². The zero-order valence-corrected chi connectivity index (χ0v) is 16.4. The number of carbonyl (C=O) groups is 1. The summed E-state index contributed by atoms with van der Waals surface area (Å²) in [6.45, 7) is 4.69. The molecule has 0 atom stereocenters. The van der Waals surface area contributed by atoms with Crippen LogP contribution in [0.5, 0.6) is 0 Å². The Morgan fingerprint density at radius 2 is 2.00 bits per heavy atom.